The third kappa shape index (κ3) is 5.17. The van der Waals surface area contributed by atoms with Gasteiger partial charge in [0.15, 0.2) is 0 Å². The van der Waals surface area contributed by atoms with Crippen molar-refractivity contribution in [3.8, 4) is 0 Å². The zero-order valence-corrected chi connectivity index (χ0v) is 12.3. The quantitative estimate of drug-likeness (QED) is 0.862. The molecule has 4 nitrogen and oxygen atoms in total. The van der Waals surface area contributed by atoms with E-state index in [1.54, 1.807) is 36.7 Å². The van der Waals surface area contributed by atoms with Crippen LogP contribution < -0.4 is 5.32 Å². The van der Waals surface area contributed by atoms with Gasteiger partial charge < -0.3 is 10.4 Å². The van der Waals surface area contributed by atoms with Gasteiger partial charge in [0.1, 0.15) is 0 Å². The minimum atomic E-state index is -0.732. The number of rotatable bonds is 6. The number of aryl methyl sites for hydroxylation is 1. The molecule has 2 N–H and O–H groups in total. The molecule has 5 heteroatoms. The first-order chi connectivity index (χ1) is 10.1. The van der Waals surface area contributed by atoms with Crippen LogP contribution in [-0.4, -0.2) is 22.5 Å². The number of hydrogen-bond donors (Lipinski definition) is 2. The summed E-state index contributed by atoms with van der Waals surface area (Å²) in [5.41, 5.74) is 1.75. The van der Waals surface area contributed by atoms with E-state index < -0.39 is 6.10 Å². The molecular weight excluding hydrogens is 288 g/mol. The van der Waals surface area contributed by atoms with Gasteiger partial charge in [0, 0.05) is 30.4 Å². The van der Waals surface area contributed by atoms with E-state index in [0.717, 1.165) is 11.1 Å². The van der Waals surface area contributed by atoms with Crippen LogP contribution in [0.3, 0.4) is 0 Å². The molecule has 0 saturated carbocycles. The van der Waals surface area contributed by atoms with E-state index >= 15 is 0 Å². The molecule has 0 bridgehead atoms. The van der Waals surface area contributed by atoms with Gasteiger partial charge in [0.05, 0.1) is 6.10 Å². The van der Waals surface area contributed by atoms with Crippen LogP contribution in [0.25, 0.3) is 0 Å². The van der Waals surface area contributed by atoms with Gasteiger partial charge in [-0.3, -0.25) is 9.78 Å². The number of pyridine rings is 1. The van der Waals surface area contributed by atoms with E-state index in [1.165, 1.54) is 0 Å². The highest BCUT2D eigenvalue weighted by Crippen LogP contribution is 2.15. The molecule has 0 aliphatic heterocycles. The Hall–Kier alpha value is -1.91. The normalized spacial score (nSPS) is 11.9. The molecule has 1 aromatic carbocycles. The Balaban J connectivity index is 1.74. The summed E-state index contributed by atoms with van der Waals surface area (Å²) >= 11 is 5.79. The third-order valence-electron chi connectivity index (χ3n) is 3.11. The van der Waals surface area contributed by atoms with Crippen LogP contribution in [0.15, 0.2) is 48.8 Å². The molecule has 2 aromatic rings. The highest BCUT2D eigenvalue weighted by molar-refractivity contribution is 6.30. The molecule has 2 rings (SSSR count). The number of aromatic nitrogens is 1. The Morgan fingerprint density at radius 2 is 2.05 bits per heavy atom. The number of aliphatic hydroxyl groups is 1. The van der Waals surface area contributed by atoms with E-state index in [0.29, 0.717) is 17.9 Å². The molecule has 1 heterocycles. The number of nitrogens with one attached hydrogen (secondary N) is 1. The fraction of sp³-hybridized carbons (Fsp3) is 0.250. The Morgan fingerprint density at radius 3 is 2.71 bits per heavy atom. The standard InChI is InChI=1S/C16H17ClN2O2/c17-14-6-4-13(5-7-14)15(20)11-19-16(21)8-3-12-2-1-9-18-10-12/h1-2,4-7,9-10,15,20H,3,8,11H2,(H,19,21). The summed E-state index contributed by atoms with van der Waals surface area (Å²) in [4.78, 5) is 15.7. The summed E-state index contributed by atoms with van der Waals surface area (Å²) in [6, 6.07) is 10.7. The fourth-order valence-corrected chi connectivity index (χ4v) is 2.03. The number of nitrogens with zero attached hydrogens (tertiary/aromatic N) is 1. The zero-order valence-electron chi connectivity index (χ0n) is 11.5. The SMILES string of the molecule is O=C(CCc1cccnc1)NCC(O)c1ccc(Cl)cc1. The van der Waals surface area contributed by atoms with Gasteiger partial charge in [-0.2, -0.15) is 0 Å². The lowest BCUT2D eigenvalue weighted by atomic mass is 10.1. The summed E-state index contributed by atoms with van der Waals surface area (Å²) in [5, 5.41) is 13.3. The van der Waals surface area contributed by atoms with Gasteiger partial charge in [-0.25, -0.2) is 0 Å². The number of aliphatic hydroxyl groups excluding tert-OH is 1. The molecule has 1 aromatic heterocycles. The van der Waals surface area contributed by atoms with Crippen LogP contribution in [0.4, 0.5) is 0 Å². The van der Waals surface area contributed by atoms with Crippen molar-refractivity contribution in [1.82, 2.24) is 10.3 Å². The van der Waals surface area contributed by atoms with Crippen LogP contribution >= 0.6 is 11.6 Å². The number of carbonyl (C=O) groups excluding carboxylic acids is 1. The molecule has 0 aliphatic rings. The fourth-order valence-electron chi connectivity index (χ4n) is 1.91. The van der Waals surface area contributed by atoms with E-state index in [-0.39, 0.29) is 12.5 Å². The van der Waals surface area contributed by atoms with Crippen molar-refractivity contribution >= 4 is 17.5 Å². The van der Waals surface area contributed by atoms with Gasteiger partial charge in [-0.05, 0) is 35.7 Å². The smallest absolute Gasteiger partial charge is 0.220 e. The maximum absolute atomic E-state index is 11.7. The molecule has 1 unspecified atom stereocenters. The summed E-state index contributed by atoms with van der Waals surface area (Å²) < 4.78 is 0. The van der Waals surface area contributed by atoms with Gasteiger partial charge in [0.25, 0.3) is 0 Å². The van der Waals surface area contributed by atoms with E-state index in [2.05, 4.69) is 10.3 Å². The summed E-state index contributed by atoms with van der Waals surface area (Å²) in [5.74, 6) is -0.0909. The van der Waals surface area contributed by atoms with Gasteiger partial charge >= 0.3 is 0 Å². The first-order valence-electron chi connectivity index (χ1n) is 6.74. The van der Waals surface area contributed by atoms with Crippen molar-refractivity contribution < 1.29 is 9.90 Å². The van der Waals surface area contributed by atoms with Crippen molar-refractivity contribution in [2.45, 2.75) is 18.9 Å². The van der Waals surface area contributed by atoms with Crippen LogP contribution in [0.2, 0.25) is 5.02 Å². The van der Waals surface area contributed by atoms with Crippen LogP contribution in [-0.2, 0) is 11.2 Å². The van der Waals surface area contributed by atoms with Crippen molar-refractivity contribution in [3.63, 3.8) is 0 Å². The second kappa shape index (κ2) is 7.76. The maximum Gasteiger partial charge on any atom is 0.220 e. The van der Waals surface area contributed by atoms with Crippen molar-refractivity contribution in [2.75, 3.05) is 6.54 Å². The Kier molecular flexibility index (Phi) is 5.72. The summed E-state index contributed by atoms with van der Waals surface area (Å²) in [7, 11) is 0. The Morgan fingerprint density at radius 1 is 1.29 bits per heavy atom. The van der Waals surface area contributed by atoms with E-state index in [1.807, 2.05) is 12.1 Å². The lowest BCUT2D eigenvalue weighted by Crippen LogP contribution is -2.28. The molecule has 1 amide bonds. The van der Waals surface area contributed by atoms with Gasteiger partial charge in [-0.15, -0.1) is 0 Å². The lowest BCUT2D eigenvalue weighted by Gasteiger charge is -2.12. The zero-order chi connectivity index (χ0) is 15.1. The Labute approximate surface area is 128 Å². The first kappa shape index (κ1) is 15.5. The molecule has 1 atom stereocenters. The minimum Gasteiger partial charge on any atom is -0.387 e. The molecule has 0 spiro atoms. The van der Waals surface area contributed by atoms with Crippen molar-refractivity contribution in [2.24, 2.45) is 0 Å². The molecule has 110 valence electrons. The van der Waals surface area contributed by atoms with Gasteiger partial charge in [0.2, 0.25) is 5.91 Å². The predicted octanol–water partition coefficient (Wildman–Crippen LogP) is 2.52. The summed E-state index contributed by atoms with van der Waals surface area (Å²) in [6.45, 7) is 0.188. The molecule has 21 heavy (non-hydrogen) atoms. The highest BCUT2D eigenvalue weighted by Gasteiger charge is 2.09. The minimum absolute atomic E-state index is 0.0909. The van der Waals surface area contributed by atoms with Crippen LogP contribution in [0, 0.1) is 0 Å². The van der Waals surface area contributed by atoms with Crippen LogP contribution in [0.1, 0.15) is 23.7 Å². The predicted molar refractivity (Wildman–Crippen MR) is 82.0 cm³/mol. The molecule has 0 saturated heterocycles. The monoisotopic (exact) mass is 304 g/mol. The van der Waals surface area contributed by atoms with Gasteiger partial charge in [-0.1, -0.05) is 29.8 Å². The Bertz CT molecular complexity index is 573. The average molecular weight is 305 g/mol. The van der Waals surface area contributed by atoms with E-state index in [9.17, 15) is 9.90 Å². The molecule has 0 radical (unpaired) electrons. The first-order valence-corrected chi connectivity index (χ1v) is 7.12. The lowest BCUT2D eigenvalue weighted by molar-refractivity contribution is -0.121. The number of hydrogen-bond acceptors (Lipinski definition) is 3. The maximum atomic E-state index is 11.7. The third-order valence-corrected chi connectivity index (χ3v) is 3.36. The number of halogens is 1. The van der Waals surface area contributed by atoms with Crippen molar-refractivity contribution in [3.05, 3.63) is 64.9 Å². The largest absolute Gasteiger partial charge is 0.387 e. The molecule has 0 fully saturated rings. The number of benzene rings is 1. The highest BCUT2D eigenvalue weighted by atomic mass is 35.5. The van der Waals surface area contributed by atoms with Crippen LogP contribution in [0.5, 0.6) is 0 Å². The van der Waals surface area contributed by atoms with E-state index in [4.69, 9.17) is 11.6 Å². The second-order valence-electron chi connectivity index (χ2n) is 4.73. The molecular formula is C16H17ClN2O2. The average Bonchev–Trinajstić information content (AvgIpc) is 2.52. The van der Waals surface area contributed by atoms with Crippen molar-refractivity contribution in [1.29, 1.82) is 0 Å². The molecule has 0 aliphatic carbocycles. The summed E-state index contributed by atoms with van der Waals surface area (Å²) in [6.07, 6.45) is 3.72. The second-order valence-corrected chi connectivity index (χ2v) is 5.17. The number of carbonyl (C=O) groups is 1. The number of amides is 1. The topological polar surface area (TPSA) is 62.2 Å².